The molecule has 2 saturated heterocycles. The Labute approximate surface area is 107 Å². The van der Waals surface area contributed by atoms with Crippen molar-refractivity contribution in [2.75, 3.05) is 6.61 Å². The first-order valence-electron chi connectivity index (χ1n) is 6.47. The topological polar surface area (TPSA) is 68.5 Å². The number of carbonyl (C=O) groups excluding carboxylic acids is 1. The van der Waals surface area contributed by atoms with Gasteiger partial charge in [-0.3, -0.25) is 0 Å². The summed E-state index contributed by atoms with van der Waals surface area (Å²) in [5, 5.41) is 8.83. The summed E-state index contributed by atoms with van der Waals surface area (Å²) in [6.07, 6.45) is 1.98. The Balaban J connectivity index is 1.84. The van der Waals surface area contributed by atoms with E-state index in [2.05, 4.69) is 6.07 Å². The van der Waals surface area contributed by atoms with Gasteiger partial charge in [-0.2, -0.15) is 5.26 Å². The lowest BCUT2D eigenvalue weighted by molar-refractivity contribution is 0.0131. The molecule has 0 spiro atoms. The lowest BCUT2D eigenvalue weighted by Crippen LogP contribution is -2.31. The first-order chi connectivity index (χ1) is 8.61. The Bertz CT molecular complexity index is 349. The highest BCUT2D eigenvalue weighted by Crippen LogP contribution is 2.44. The third kappa shape index (κ3) is 2.75. The number of ether oxygens (including phenoxy) is 3. The monoisotopic (exact) mass is 253 g/mol. The van der Waals surface area contributed by atoms with Crippen molar-refractivity contribution in [1.82, 2.24) is 0 Å². The molecule has 5 nitrogen and oxygen atoms in total. The maximum atomic E-state index is 11.3. The van der Waals surface area contributed by atoms with E-state index in [-0.39, 0.29) is 30.1 Å². The Morgan fingerprint density at radius 2 is 2.06 bits per heavy atom. The first kappa shape index (κ1) is 13.2. The van der Waals surface area contributed by atoms with E-state index in [4.69, 9.17) is 19.5 Å². The quantitative estimate of drug-likeness (QED) is 0.719. The summed E-state index contributed by atoms with van der Waals surface area (Å²) in [7, 11) is 0. The van der Waals surface area contributed by atoms with Crippen LogP contribution in [0.15, 0.2) is 0 Å². The van der Waals surface area contributed by atoms with Gasteiger partial charge in [0.05, 0.1) is 24.4 Å². The van der Waals surface area contributed by atoms with Crippen LogP contribution in [-0.2, 0) is 14.2 Å². The third-order valence-electron chi connectivity index (χ3n) is 3.64. The fraction of sp³-hybridized carbons (Fsp3) is 0.846. The van der Waals surface area contributed by atoms with Crippen LogP contribution in [0.3, 0.4) is 0 Å². The molecule has 0 N–H and O–H groups in total. The van der Waals surface area contributed by atoms with Crippen LogP contribution in [0, 0.1) is 23.2 Å². The predicted molar refractivity (Wildman–Crippen MR) is 62.7 cm³/mol. The fourth-order valence-electron chi connectivity index (χ4n) is 2.88. The molecule has 100 valence electrons. The van der Waals surface area contributed by atoms with Crippen molar-refractivity contribution in [3.05, 3.63) is 0 Å². The largest absolute Gasteiger partial charge is 0.508 e. The number of nitrogens with zero attached hydrogens (tertiary/aromatic N) is 1. The van der Waals surface area contributed by atoms with Gasteiger partial charge in [0.15, 0.2) is 0 Å². The molecular formula is C13H19NO4. The van der Waals surface area contributed by atoms with Gasteiger partial charge in [-0.1, -0.05) is 0 Å². The highest BCUT2D eigenvalue weighted by Gasteiger charge is 2.49. The second-order valence-corrected chi connectivity index (χ2v) is 5.21. The number of fused-ring (bicyclic) bond motifs is 2. The molecule has 0 saturated carbocycles. The van der Waals surface area contributed by atoms with Crippen LogP contribution in [0.4, 0.5) is 4.79 Å². The molecule has 2 aliphatic rings. The number of rotatable bonds is 4. The van der Waals surface area contributed by atoms with Crippen LogP contribution in [0.2, 0.25) is 0 Å². The third-order valence-corrected chi connectivity index (χ3v) is 3.64. The number of nitriles is 1. The molecule has 0 aromatic carbocycles. The van der Waals surface area contributed by atoms with Gasteiger partial charge >= 0.3 is 6.16 Å². The maximum Gasteiger partial charge on any atom is 0.508 e. The van der Waals surface area contributed by atoms with Crippen molar-refractivity contribution in [1.29, 1.82) is 5.26 Å². The van der Waals surface area contributed by atoms with E-state index in [1.165, 1.54) is 0 Å². The van der Waals surface area contributed by atoms with Gasteiger partial charge in [-0.05, 0) is 26.7 Å². The highest BCUT2D eigenvalue weighted by atomic mass is 16.7. The summed E-state index contributed by atoms with van der Waals surface area (Å²) in [6.45, 7) is 3.85. The summed E-state index contributed by atoms with van der Waals surface area (Å²) < 4.78 is 15.8. The molecule has 2 heterocycles. The molecule has 0 aromatic rings. The summed E-state index contributed by atoms with van der Waals surface area (Å²) in [4.78, 5) is 11.3. The molecule has 0 aromatic heterocycles. The SMILES string of the molecule is CC(C)OC(=O)OC[C@@H]1[C@H](CC#N)[C@@H]2CC[C@H]1O2. The normalized spacial score (nSPS) is 33.4. The number of hydrogen-bond donors (Lipinski definition) is 0. The molecule has 0 unspecified atom stereocenters. The van der Waals surface area contributed by atoms with E-state index in [0.29, 0.717) is 13.0 Å². The minimum atomic E-state index is -0.636. The average Bonchev–Trinajstić information content (AvgIpc) is 2.87. The standard InChI is InChI=1S/C13H19NO4/c1-8(2)17-13(15)16-7-10-9(5-6-14)11-3-4-12(10)18-11/h8-12H,3-5,7H2,1-2H3/t9-,10+,11-,12+/m0/s1. The van der Waals surface area contributed by atoms with Gasteiger partial charge in [0.1, 0.15) is 6.61 Å². The van der Waals surface area contributed by atoms with Gasteiger partial charge in [0.25, 0.3) is 0 Å². The zero-order valence-corrected chi connectivity index (χ0v) is 10.8. The van der Waals surface area contributed by atoms with Crippen molar-refractivity contribution < 1.29 is 19.0 Å². The van der Waals surface area contributed by atoms with Crippen LogP contribution in [0.5, 0.6) is 0 Å². The van der Waals surface area contributed by atoms with E-state index in [1.807, 2.05) is 0 Å². The van der Waals surface area contributed by atoms with E-state index in [1.54, 1.807) is 13.8 Å². The Morgan fingerprint density at radius 3 is 2.67 bits per heavy atom. The highest BCUT2D eigenvalue weighted by molar-refractivity contribution is 5.60. The molecular weight excluding hydrogens is 234 g/mol. The average molecular weight is 253 g/mol. The van der Waals surface area contributed by atoms with Crippen molar-refractivity contribution in [2.24, 2.45) is 11.8 Å². The zero-order chi connectivity index (χ0) is 13.1. The van der Waals surface area contributed by atoms with Crippen LogP contribution in [-0.4, -0.2) is 31.1 Å². The summed E-state index contributed by atoms with van der Waals surface area (Å²) in [5.41, 5.74) is 0. The van der Waals surface area contributed by atoms with Crippen LogP contribution in [0.1, 0.15) is 33.1 Å². The van der Waals surface area contributed by atoms with Gasteiger partial charge < -0.3 is 14.2 Å². The first-order valence-corrected chi connectivity index (χ1v) is 6.47. The molecule has 0 amide bonds. The van der Waals surface area contributed by atoms with Crippen molar-refractivity contribution in [2.45, 2.75) is 51.4 Å². The fourth-order valence-corrected chi connectivity index (χ4v) is 2.88. The van der Waals surface area contributed by atoms with Gasteiger partial charge in [0, 0.05) is 18.3 Å². The predicted octanol–water partition coefficient (Wildman–Crippen LogP) is 2.26. The van der Waals surface area contributed by atoms with Crippen molar-refractivity contribution >= 4 is 6.16 Å². The molecule has 0 aliphatic carbocycles. The molecule has 5 heteroatoms. The number of hydrogen-bond acceptors (Lipinski definition) is 5. The van der Waals surface area contributed by atoms with Gasteiger partial charge in [-0.15, -0.1) is 0 Å². The Kier molecular flexibility index (Phi) is 4.07. The minimum Gasteiger partial charge on any atom is -0.434 e. The van der Waals surface area contributed by atoms with Crippen LogP contribution in [0.25, 0.3) is 0 Å². The Morgan fingerprint density at radius 1 is 1.39 bits per heavy atom. The molecule has 2 bridgehead atoms. The molecule has 0 radical (unpaired) electrons. The smallest absolute Gasteiger partial charge is 0.434 e. The molecule has 2 fully saturated rings. The van der Waals surface area contributed by atoms with Gasteiger partial charge in [-0.25, -0.2) is 4.79 Å². The van der Waals surface area contributed by atoms with E-state index in [9.17, 15) is 4.79 Å². The lowest BCUT2D eigenvalue weighted by atomic mass is 9.78. The second-order valence-electron chi connectivity index (χ2n) is 5.21. The molecule has 18 heavy (non-hydrogen) atoms. The molecule has 4 atom stereocenters. The van der Waals surface area contributed by atoms with Crippen molar-refractivity contribution in [3.8, 4) is 6.07 Å². The van der Waals surface area contributed by atoms with Crippen molar-refractivity contribution in [3.63, 3.8) is 0 Å². The second kappa shape index (κ2) is 5.57. The van der Waals surface area contributed by atoms with Crippen LogP contribution >= 0.6 is 0 Å². The lowest BCUT2D eigenvalue weighted by Gasteiger charge is -2.25. The molecule has 2 aliphatic heterocycles. The summed E-state index contributed by atoms with van der Waals surface area (Å²) in [6, 6.07) is 2.19. The summed E-state index contributed by atoms with van der Waals surface area (Å²) >= 11 is 0. The zero-order valence-electron chi connectivity index (χ0n) is 10.8. The molecule has 2 rings (SSSR count). The van der Waals surface area contributed by atoms with E-state index in [0.717, 1.165) is 12.8 Å². The summed E-state index contributed by atoms with van der Waals surface area (Å²) in [5.74, 6) is 0.337. The Hall–Kier alpha value is -1.28. The van der Waals surface area contributed by atoms with E-state index >= 15 is 0 Å². The minimum absolute atomic E-state index is 0.139. The van der Waals surface area contributed by atoms with Gasteiger partial charge in [0.2, 0.25) is 0 Å². The van der Waals surface area contributed by atoms with Crippen LogP contribution < -0.4 is 0 Å². The maximum absolute atomic E-state index is 11.3. The number of carbonyl (C=O) groups is 1. The van der Waals surface area contributed by atoms with E-state index < -0.39 is 6.16 Å².